The predicted molar refractivity (Wildman–Crippen MR) is 55.4 cm³/mol. The van der Waals surface area contributed by atoms with Crippen molar-refractivity contribution >= 4 is 21.4 Å². The largest absolute Gasteiger partial charge is 0.290 e. The first-order chi connectivity index (χ1) is 6.59. The van der Waals surface area contributed by atoms with E-state index in [-0.39, 0.29) is 5.56 Å². The fraction of sp³-hybridized carbons (Fsp3) is 0.375. The van der Waals surface area contributed by atoms with Gasteiger partial charge in [0.25, 0.3) is 5.56 Å². The zero-order valence-electron chi connectivity index (χ0n) is 7.78. The topological polar surface area (TPSA) is 63.0 Å². The molecule has 0 unspecified atom stereocenters. The van der Waals surface area contributed by atoms with E-state index >= 15 is 0 Å². The van der Waals surface area contributed by atoms with Gasteiger partial charge in [-0.2, -0.15) is 5.10 Å². The molecule has 0 radical (unpaired) electrons. The SMILES string of the molecule is CC(C)c1cc2c(=O)[nH]nc(Br)n2n1. The predicted octanol–water partition coefficient (Wildman–Crippen LogP) is 1.30. The van der Waals surface area contributed by atoms with Crippen LogP contribution in [0.25, 0.3) is 5.52 Å². The molecule has 0 aliphatic rings. The Morgan fingerprint density at radius 2 is 2.29 bits per heavy atom. The quantitative estimate of drug-likeness (QED) is 0.837. The number of nitrogens with zero attached hydrogens (tertiary/aromatic N) is 3. The number of hydrogen-bond acceptors (Lipinski definition) is 3. The Balaban J connectivity index is 2.82. The Kier molecular flexibility index (Phi) is 2.14. The highest BCUT2D eigenvalue weighted by molar-refractivity contribution is 9.10. The summed E-state index contributed by atoms with van der Waals surface area (Å²) in [5.41, 5.74) is 1.16. The number of rotatable bonds is 1. The number of halogens is 1. The second-order valence-electron chi connectivity index (χ2n) is 3.34. The van der Waals surface area contributed by atoms with Crippen molar-refractivity contribution < 1.29 is 0 Å². The molecule has 14 heavy (non-hydrogen) atoms. The Bertz CT molecular complexity index is 528. The van der Waals surface area contributed by atoms with Crippen LogP contribution in [-0.4, -0.2) is 19.8 Å². The van der Waals surface area contributed by atoms with E-state index in [9.17, 15) is 4.79 Å². The standard InChI is InChI=1S/C8H9BrN4O/c1-4(2)5-3-6-7(14)10-11-8(9)13(6)12-5/h3-4H,1-2H3,(H,10,14). The Morgan fingerprint density at radius 1 is 1.57 bits per heavy atom. The van der Waals surface area contributed by atoms with Crippen LogP contribution in [0.2, 0.25) is 0 Å². The molecule has 0 saturated carbocycles. The lowest BCUT2D eigenvalue weighted by Crippen LogP contribution is -2.12. The molecule has 0 atom stereocenters. The van der Waals surface area contributed by atoms with Gasteiger partial charge in [0.2, 0.25) is 4.73 Å². The Labute approximate surface area is 88.3 Å². The summed E-state index contributed by atoms with van der Waals surface area (Å²) in [7, 11) is 0. The van der Waals surface area contributed by atoms with Crippen LogP contribution in [0.15, 0.2) is 15.6 Å². The molecule has 6 heteroatoms. The Morgan fingerprint density at radius 3 is 2.86 bits per heavy atom. The number of aromatic nitrogens is 4. The van der Waals surface area contributed by atoms with E-state index in [1.807, 2.05) is 13.8 Å². The van der Waals surface area contributed by atoms with Gasteiger partial charge in [-0.15, -0.1) is 5.10 Å². The van der Waals surface area contributed by atoms with Crippen LogP contribution < -0.4 is 5.56 Å². The maximum Gasteiger partial charge on any atom is 0.290 e. The van der Waals surface area contributed by atoms with Crippen molar-refractivity contribution in [2.75, 3.05) is 0 Å². The smallest absolute Gasteiger partial charge is 0.266 e. The van der Waals surface area contributed by atoms with Crippen LogP contribution in [0.5, 0.6) is 0 Å². The first kappa shape index (κ1) is 9.39. The lowest BCUT2D eigenvalue weighted by Gasteiger charge is -1.95. The number of fused-ring (bicyclic) bond motifs is 1. The fourth-order valence-corrected chi connectivity index (χ4v) is 1.54. The zero-order valence-corrected chi connectivity index (χ0v) is 9.37. The monoisotopic (exact) mass is 256 g/mol. The number of H-pyrrole nitrogens is 1. The third kappa shape index (κ3) is 1.35. The van der Waals surface area contributed by atoms with E-state index in [1.54, 1.807) is 6.07 Å². The van der Waals surface area contributed by atoms with Crippen LogP contribution >= 0.6 is 15.9 Å². The molecule has 74 valence electrons. The summed E-state index contributed by atoms with van der Waals surface area (Å²) in [4.78, 5) is 11.4. The molecular weight excluding hydrogens is 248 g/mol. The van der Waals surface area contributed by atoms with Gasteiger partial charge in [0, 0.05) is 0 Å². The van der Waals surface area contributed by atoms with Crippen molar-refractivity contribution in [3.8, 4) is 0 Å². The molecular formula is C8H9BrN4O. The molecule has 2 aromatic heterocycles. The molecule has 0 fully saturated rings. The second-order valence-corrected chi connectivity index (χ2v) is 4.05. The number of aromatic amines is 1. The molecule has 0 saturated heterocycles. The van der Waals surface area contributed by atoms with E-state index in [4.69, 9.17) is 0 Å². The molecule has 2 heterocycles. The van der Waals surface area contributed by atoms with Crippen LogP contribution in [0.4, 0.5) is 0 Å². The molecule has 0 amide bonds. The molecule has 0 spiro atoms. The highest BCUT2D eigenvalue weighted by Gasteiger charge is 2.10. The number of hydrogen-bond donors (Lipinski definition) is 1. The minimum absolute atomic E-state index is 0.229. The van der Waals surface area contributed by atoms with Crippen molar-refractivity contribution in [2.45, 2.75) is 19.8 Å². The van der Waals surface area contributed by atoms with Crippen molar-refractivity contribution in [3.63, 3.8) is 0 Å². The van der Waals surface area contributed by atoms with E-state index in [0.29, 0.717) is 16.2 Å². The fourth-order valence-electron chi connectivity index (χ4n) is 1.19. The third-order valence-electron chi connectivity index (χ3n) is 1.98. The molecule has 5 nitrogen and oxygen atoms in total. The lowest BCUT2D eigenvalue weighted by molar-refractivity contribution is 0.754. The molecule has 0 aliphatic carbocycles. The summed E-state index contributed by atoms with van der Waals surface area (Å²) >= 11 is 3.21. The molecule has 1 N–H and O–H groups in total. The molecule has 0 bridgehead atoms. The first-order valence-electron chi connectivity index (χ1n) is 4.23. The van der Waals surface area contributed by atoms with Gasteiger partial charge in [-0.3, -0.25) is 4.79 Å². The van der Waals surface area contributed by atoms with Gasteiger partial charge in [0.05, 0.1) is 5.69 Å². The van der Waals surface area contributed by atoms with Gasteiger partial charge >= 0.3 is 0 Å². The maximum absolute atomic E-state index is 11.4. The molecule has 2 aromatic rings. The van der Waals surface area contributed by atoms with Crippen molar-refractivity contribution in [1.29, 1.82) is 0 Å². The van der Waals surface area contributed by atoms with E-state index < -0.39 is 0 Å². The average molecular weight is 257 g/mol. The normalized spacial score (nSPS) is 11.4. The number of nitrogens with one attached hydrogen (secondary N) is 1. The van der Waals surface area contributed by atoms with Gasteiger partial charge in [0.1, 0.15) is 5.52 Å². The van der Waals surface area contributed by atoms with Gasteiger partial charge < -0.3 is 0 Å². The lowest BCUT2D eigenvalue weighted by atomic mass is 10.1. The third-order valence-corrected chi connectivity index (χ3v) is 2.49. The summed E-state index contributed by atoms with van der Waals surface area (Å²) in [6, 6.07) is 1.77. The molecule has 2 rings (SSSR count). The molecule has 0 aromatic carbocycles. The van der Waals surface area contributed by atoms with Crippen LogP contribution in [0.3, 0.4) is 0 Å². The van der Waals surface area contributed by atoms with Crippen LogP contribution in [0, 0.1) is 0 Å². The first-order valence-corrected chi connectivity index (χ1v) is 5.02. The van der Waals surface area contributed by atoms with Gasteiger partial charge in [-0.25, -0.2) is 9.61 Å². The summed E-state index contributed by atoms with van der Waals surface area (Å²) in [5, 5.41) is 10.4. The Hall–Kier alpha value is -1.17. The summed E-state index contributed by atoms with van der Waals surface area (Å²) in [6.45, 7) is 4.05. The maximum atomic E-state index is 11.4. The van der Waals surface area contributed by atoms with Crippen LogP contribution in [0.1, 0.15) is 25.5 Å². The minimum Gasteiger partial charge on any atom is -0.266 e. The highest BCUT2D eigenvalue weighted by Crippen LogP contribution is 2.14. The van der Waals surface area contributed by atoms with Crippen LogP contribution in [-0.2, 0) is 0 Å². The van der Waals surface area contributed by atoms with Crippen molar-refractivity contribution in [1.82, 2.24) is 19.8 Å². The van der Waals surface area contributed by atoms with E-state index in [0.717, 1.165) is 5.69 Å². The van der Waals surface area contributed by atoms with Gasteiger partial charge in [0.15, 0.2) is 0 Å². The summed E-state index contributed by atoms with van der Waals surface area (Å²) in [6.07, 6.45) is 0. The summed E-state index contributed by atoms with van der Waals surface area (Å²) in [5.74, 6) is 0.293. The van der Waals surface area contributed by atoms with E-state index in [2.05, 4.69) is 31.2 Å². The average Bonchev–Trinajstić information content (AvgIpc) is 2.57. The van der Waals surface area contributed by atoms with Crippen molar-refractivity contribution in [2.24, 2.45) is 0 Å². The van der Waals surface area contributed by atoms with Gasteiger partial charge in [-0.1, -0.05) is 13.8 Å². The highest BCUT2D eigenvalue weighted by atomic mass is 79.9. The van der Waals surface area contributed by atoms with E-state index in [1.165, 1.54) is 4.52 Å². The van der Waals surface area contributed by atoms with Crippen molar-refractivity contribution in [3.05, 3.63) is 26.8 Å². The molecule has 0 aliphatic heterocycles. The zero-order chi connectivity index (χ0) is 10.3. The second kappa shape index (κ2) is 3.20. The van der Waals surface area contributed by atoms with Gasteiger partial charge in [-0.05, 0) is 27.9 Å². The minimum atomic E-state index is -0.229. The summed E-state index contributed by atoms with van der Waals surface area (Å²) < 4.78 is 1.99.